The molecule has 6 nitrogen and oxygen atoms in total. The van der Waals surface area contributed by atoms with E-state index in [0.29, 0.717) is 23.8 Å². The van der Waals surface area contributed by atoms with Crippen molar-refractivity contribution < 1.29 is 19.1 Å². The lowest BCUT2D eigenvalue weighted by atomic mass is 9.97. The molecule has 0 aliphatic carbocycles. The van der Waals surface area contributed by atoms with E-state index in [1.165, 1.54) is 0 Å². The number of rotatable bonds is 6. The third-order valence-corrected chi connectivity index (χ3v) is 4.05. The van der Waals surface area contributed by atoms with E-state index >= 15 is 0 Å². The Morgan fingerprint density at radius 3 is 2.76 bits per heavy atom. The van der Waals surface area contributed by atoms with Crippen molar-refractivity contribution in [2.24, 2.45) is 0 Å². The summed E-state index contributed by atoms with van der Waals surface area (Å²) in [4.78, 5) is 24.5. The number of nitrogens with one attached hydrogen (secondary N) is 2. The number of carbonyl (C=O) groups excluding carboxylic acids is 2. The lowest BCUT2D eigenvalue weighted by molar-refractivity contribution is -0.122. The Morgan fingerprint density at radius 2 is 2.00 bits per heavy atom. The van der Waals surface area contributed by atoms with Gasteiger partial charge in [-0.05, 0) is 30.7 Å². The van der Waals surface area contributed by atoms with Crippen molar-refractivity contribution in [1.29, 1.82) is 0 Å². The second-order valence-electron chi connectivity index (χ2n) is 5.68. The van der Waals surface area contributed by atoms with Gasteiger partial charge >= 0.3 is 0 Å². The number of hydrogen-bond donors (Lipinski definition) is 2. The number of carbonyl (C=O) groups is 2. The zero-order valence-electron chi connectivity index (χ0n) is 14.2. The molecule has 0 saturated heterocycles. The standard InChI is InChI=1S/C19H20N2O4/c1-3-25-17-10-12(8-9-16(17)24-2)20-18(22)11-14-13-6-4-5-7-15(13)21-19(14)23/h4-10,14H,3,11H2,1-2H3,(H,20,22)(H,21,23). The Labute approximate surface area is 146 Å². The van der Waals surface area contributed by atoms with Gasteiger partial charge in [0, 0.05) is 23.9 Å². The summed E-state index contributed by atoms with van der Waals surface area (Å²) in [5, 5.41) is 5.62. The second kappa shape index (κ2) is 7.25. The van der Waals surface area contributed by atoms with Gasteiger partial charge in [0.2, 0.25) is 11.8 Å². The minimum atomic E-state index is -0.471. The first kappa shape index (κ1) is 16.8. The molecule has 130 valence electrons. The Hall–Kier alpha value is -3.02. The number of para-hydroxylation sites is 1. The number of methoxy groups -OCH3 is 1. The van der Waals surface area contributed by atoms with Gasteiger partial charge in [-0.2, -0.15) is 0 Å². The minimum Gasteiger partial charge on any atom is -0.493 e. The molecule has 1 unspecified atom stereocenters. The molecule has 2 aromatic rings. The van der Waals surface area contributed by atoms with Crippen molar-refractivity contribution in [3.63, 3.8) is 0 Å². The number of anilines is 2. The molecule has 25 heavy (non-hydrogen) atoms. The van der Waals surface area contributed by atoms with Crippen molar-refractivity contribution in [2.45, 2.75) is 19.3 Å². The van der Waals surface area contributed by atoms with E-state index in [-0.39, 0.29) is 18.2 Å². The molecule has 1 heterocycles. The average Bonchev–Trinajstić information content (AvgIpc) is 2.91. The van der Waals surface area contributed by atoms with Crippen LogP contribution >= 0.6 is 0 Å². The molecule has 0 radical (unpaired) electrons. The SMILES string of the molecule is CCOc1cc(NC(=O)CC2C(=O)Nc3ccccc32)ccc1OC. The van der Waals surface area contributed by atoms with Crippen molar-refractivity contribution >= 4 is 23.2 Å². The molecule has 3 rings (SSSR count). The predicted molar refractivity (Wildman–Crippen MR) is 95.2 cm³/mol. The molecule has 2 amide bonds. The van der Waals surface area contributed by atoms with Crippen molar-refractivity contribution in [2.75, 3.05) is 24.4 Å². The van der Waals surface area contributed by atoms with E-state index in [2.05, 4.69) is 10.6 Å². The van der Waals surface area contributed by atoms with Crippen LogP contribution in [0.3, 0.4) is 0 Å². The number of fused-ring (bicyclic) bond motifs is 1. The monoisotopic (exact) mass is 340 g/mol. The lowest BCUT2D eigenvalue weighted by Crippen LogP contribution is -2.20. The van der Waals surface area contributed by atoms with Gasteiger partial charge in [-0.15, -0.1) is 0 Å². The Morgan fingerprint density at radius 1 is 1.20 bits per heavy atom. The topological polar surface area (TPSA) is 76.7 Å². The fraction of sp³-hybridized carbons (Fsp3) is 0.263. The first-order chi connectivity index (χ1) is 12.1. The van der Waals surface area contributed by atoms with Crippen molar-refractivity contribution in [3.05, 3.63) is 48.0 Å². The zero-order chi connectivity index (χ0) is 17.8. The summed E-state index contributed by atoms with van der Waals surface area (Å²) in [5.74, 6) is 0.307. The Balaban J connectivity index is 1.71. The van der Waals surface area contributed by atoms with Crippen molar-refractivity contribution in [1.82, 2.24) is 0 Å². The highest BCUT2D eigenvalue weighted by molar-refractivity contribution is 6.06. The Bertz CT molecular complexity index is 804. The first-order valence-corrected chi connectivity index (χ1v) is 8.13. The third kappa shape index (κ3) is 3.57. The van der Waals surface area contributed by atoms with Crippen LogP contribution in [0, 0.1) is 0 Å². The summed E-state index contributed by atoms with van der Waals surface area (Å²) in [6.45, 7) is 2.37. The molecule has 0 aromatic heterocycles. The normalized spacial score (nSPS) is 15.3. The zero-order valence-corrected chi connectivity index (χ0v) is 14.2. The van der Waals surface area contributed by atoms with Gasteiger partial charge in [0.25, 0.3) is 0 Å². The molecule has 0 fully saturated rings. The molecule has 0 saturated carbocycles. The van der Waals surface area contributed by atoms with Crippen LogP contribution in [0.4, 0.5) is 11.4 Å². The van der Waals surface area contributed by atoms with Crippen LogP contribution in [0.5, 0.6) is 11.5 Å². The van der Waals surface area contributed by atoms with E-state index in [9.17, 15) is 9.59 Å². The quantitative estimate of drug-likeness (QED) is 0.847. The average molecular weight is 340 g/mol. The maximum Gasteiger partial charge on any atom is 0.232 e. The maximum absolute atomic E-state index is 12.4. The van der Waals surface area contributed by atoms with E-state index in [4.69, 9.17) is 9.47 Å². The molecule has 1 aliphatic heterocycles. The van der Waals surface area contributed by atoms with Gasteiger partial charge in [-0.3, -0.25) is 9.59 Å². The van der Waals surface area contributed by atoms with E-state index in [0.717, 1.165) is 11.3 Å². The minimum absolute atomic E-state index is 0.0822. The lowest BCUT2D eigenvalue weighted by Gasteiger charge is -2.13. The van der Waals surface area contributed by atoms with Crippen LogP contribution in [0.1, 0.15) is 24.8 Å². The molecule has 0 spiro atoms. The van der Waals surface area contributed by atoms with Gasteiger partial charge in [0.1, 0.15) is 0 Å². The smallest absolute Gasteiger partial charge is 0.232 e. The van der Waals surface area contributed by atoms with Crippen LogP contribution in [0.25, 0.3) is 0 Å². The highest BCUT2D eigenvalue weighted by Crippen LogP contribution is 2.35. The molecule has 2 N–H and O–H groups in total. The predicted octanol–water partition coefficient (Wildman–Crippen LogP) is 3.16. The van der Waals surface area contributed by atoms with Gasteiger partial charge in [0.05, 0.1) is 19.6 Å². The summed E-state index contributed by atoms with van der Waals surface area (Å²) in [7, 11) is 1.56. The molecular formula is C19H20N2O4. The summed E-state index contributed by atoms with van der Waals surface area (Å²) in [5.41, 5.74) is 2.22. The molecule has 0 bridgehead atoms. The summed E-state index contributed by atoms with van der Waals surface area (Å²) in [6, 6.07) is 12.6. The van der Waals surface area contributed by atoms with Gasteiger partial charge in [0.15, 0.2) is 11.5 Å². The molecule has 2 aromatic carbocycles. The summed E-state index contributed by atoms with van der Waals surface area (Å²) >= 11 is 0. The van der Waals surface area contributed by atoms with Gasteiger partial charge in [-0.25, -0.2) is 0 Å². The van der Waals surface area contributed by atoms with Crippen molar-refractivity contribution in [3.8, 4) is 11.5 Å². The van der Waals surface area contributed by atoms with Crippen LogP contribution in [-0.2, 0) is 9.59 Å². The van der Waals surface area contributed by atoms with E-state index in [1.807, 2.05) is 31.2 Å². The second-order valence-corrected chi connectivity index (χ2v) is 5.68. The highest BCUT2D eigenvalue weighted by atomic mass is 16.5. The maximum atomic E-state index is 12.4. The summed E-state index contributed by atoms with van der Waals surface area (Å²) < 4.78 is 10.7. The molecular weight excluding hydrogens is 320 g/mol. The molecule has 6 heteroatoms. The Kier molecular flexibility index (Phi) is 4.88. The molecule has 1 atom stereocenters. The number of benzene rings is 2. The van der Waals surface area contributed by atoms with Gasteiger partial charge < -0.3 is 20.1 Å². The fourth-order valence-electron chi connectivity index (χ4n) is 2.90. The van der Waals surface area contributed by atoms with Gasteiger partial charge in [-0.1, -0.05) is 18.2 Å². The first-order valence-electron chi connectivity index (χ1n) is 8.13. The van der Waals surface area contributed by atoms with E-state index < -0.39 is 5.92 Å². The number of hydrogen-bond acceptors (Lipinski definition) is 4. The molecule has 1 aliphatic rings. The van der Waals surface area contributed by atoms with Crippen LogP contribution in [0.15, 0.2) is 42.5 Å². The van der Waals surface area contributed by atoms with Crippen LogP contribution < -0.4 is 20.1 Å². The highest BCUT2D eigenvalue weighted by Gasteiger charge is 2.31. The third-order valence-electron chi connectivity index (χ3n) is 4.05. The van der Waals surface area contributed by atoms with E-state index in [1.54, 1.807) is 25.3 Å². The largest absolute Gasteiger partial charge is 0.493 e. The van der Waals surface area contributed by atoms with Crippen LogP contribution in [-0.4, -0.2) is 25.5 Å². The van der Waals surface area contributed by atoms with Crippen LogP contribution in [0.2, 0.25) is 0 Å². The fourth-order valence-corrected chi connectivity index (χ4v) is 2.90. The summed E-state index contributed by atoms with van der Waals surface area (Å²) in [6.07, 6.45) is 0.0822. The number of ether oxygens (including phenoxy) is 2. The number of amides is 2.